The molecule has 6 nitrogen and oxygen atoms in total. The maximum Gasteiger partial charge on any atom is 0.449 e. The third-order valence-corrected chi connectivity index (χ3v) is 5.72. The van der Waals surface area contributed by atoms with Gasteiger partial charge >= 0.3 is 6.18 Å². The van der Waals surface area contributed by atoms with Crippen molar-refractivity contribution in [1.29, 1.82) is 0 Å². The van der Waals surface area contributed by atoms with Crippen molar-refractivity contribution in [2.75, 3.05) is 13.7 Å². The molecule has 29 heavy (non-hydrogen) atoms. The van der Waals surface area contributed by atoms with E-state index in [1.807, 2.05) is 34.1 Å². The molecule has 0 unspecified atom stereocenters. The smallest absolute Gasteiger partial charge is 0.449 e. The van der Waals surface area contributed by atoms with Crippen molar-refractivity contribution in [2.45, 2.75) is 25.7 Å². The quantitative estimate of drug-likeness (QED) is 0.697. The van der Waals surface area contributed by atoms with Gasteiger partial charge in [0.05, 0.1) is 18.4 Å². The number of hydrogen-bond donors (Lipinski definition) is 1. The fraction of sp³-hybridized carbons (Fsp3) is 0.316. The summed E-state index contributed by atoms with van der Waals surface area (Å²) in [5, 5.41) is 0.870. The van der Waals surface area contributed by atoms with Crippen LogP contribution in [0.3, 0.4) is 0 Å². The first kappa shape index (κ1) is 19.6. The monoisotopic (exact) mass is 422 g/mol. The van der Waals surface area contributed by atoms with Gasteiger partial charge in [0.2, 0.25) is 5.82 Å². The third-order valence-electron chi connectivity index (χ3n) is 4.69. The number of ether oxygens (including phenoxy) is 1. The molecule has 1 aliphatic rings. The van der Waals surface area contributed by atoms with Crippen LogP contribution in [0.25, 0.3) is 10.6 Å². The second kappa shape index (κ2) is 7.60. The minimum atomic E-state index is -4.66. The summed E-state index contributed by atoms with van der Waals surface area (Å²) in [7, 11) is 1.61. The highest BCUT2D eigenvalue weighted by Crippen LogP contribution is 2.29. The average Bonchev–Trinajstić information content (AvgIpc) is 3.16. The van der Waals surface area contributed by atoms with E-state index in [2.05, 4.69) is 9.97 Å². The lowest BCUT2D eigenvalue weighted by Crippen LogP contribution is -2.36. The van der Waals surface area contributed by atoms with Crippen LogP contribution in [-0.4, -0.2) is 33.5 Å². The molecular formula is C19H17F3N4O2S. The van der Waals surface area contributed by atoms with Crippen molar-refractivity contribution < 1.29 is 17.9 Å². The lowest BCUT2D eigenvalue weighted by atomic mass is 10.1. The maximum atomic E-state index is 12.8. The first-order valence-electron chi connectivity index (χ1n) is 8.84. The van der Waals surface area contributed by atoms with Gasteiger partial charge in [0.1, 0.15) is 10.8 Å². The Morgan fingerprint density at radius 2 is 2.03 bits per heavy atom. The van der Waals surface area contributed by atoms with Crippen LogP contribution in [0.4, 0.5) is 13.2 Å². The number of thiazole rings is 1. The zero-order chi connectivity index (χ0) is 20.6. The van der Waals surface area contributed by atoms with E-state index in [1.54, 1.807) is 24.6 Å². The van der Waals surface area contributed by atoms with Gasteiger partial charge in [0.25, 0.3) is 5.56 Å². The Bertz CT molecular complexity index is 1080. The maximum absolute atomic E-state index is 12.8. The summed E-state index contributed by atoms with van der Waals surface area (Å²) < 4.78 is 43.6. The first-order valence-corrected chi connectivity index (χ1v) is 9.66. The zero-order valence-corrected chi connectivity index (χ0v) is 16.2. The molecule has 152 valence electrons. The van der Waals surface area contributed by atoms with E-state index >= 15 is 0 Å². The van der Waals surface area contributed by atoms with Crippen LogP contribution >= 0.6 is 11.3 Å². The summed E-state index contributed by atoms with van der Waals surface area (Å²) in [5.41, 5.74) is 0.770. The Balaban J connectivity index is 1.48. The van der Waals surface area contributed by atoms with Gasteiger partial charge in [-0.3, -0.25) is 9.69 Å². The Hall–Kier alpha value is -2.72. The standard InChI is InChI=1S/C19H17F3N4O2S/c1-28-12-4-2-11(3-5-12)17-23-8-13(29-17)9-26-7-6-15-14(10-26)16(27)25-18(24-15)19(20,21)22/h2-5,8H,6-7,9-10H2,1H3,(H,24,25,27). The normalized spacial score (nSPS) is 14.6. The lowest BCUT2D eigenvalue weighted by molar-refractivity contribution is -0.145. The number of aromatic nitrogens is 3. The summed E-state index contributed by atoms with van der Waals surface area (Å²) in [4.78, 5) is 25.1. The van der Waals surface area contributed by atoms with E-state index < -0.39 is 17.6 Å². The van der Waals surface area contributed by atoms with Gasteiger partial charge in [-0.2, -0.15) is 13.2 Å². The molecule has 2 aromatic heterocycles. The molecule has 10 heteroatoms. The van der Waals surface area contributed by atoms with Crippen molar-refractivity contribution in [3.05, 3.63) is 62.8 Å². The molecule has 3 heterocycles. The van der Waals surface area contributed by atoms with Crippen molar-refractivity contribution in [3.8, 4) is 16.3 Å². The van der Waals surface area contributed by atoms with E-state index in [9.17, 15) is 18.0 Å². The van der Waals surface area contributed by atoms with Gasteiger partial charge in [-0.25, -0.2) is 9.97 Å². The summed E-state index contributed by atoms with van der Waals surface area (Å²) in [6.07, 6.45) is -2.58. The van der Waals surface area contributed by atoms with E-state index in [4.69, 9.17) is 4.74 Å². The van der Waals surface area contributed by atoms with Crippen molar-refractivity contribution in [2.24, 2.45) is 0 Å². The van der Waals surface area contributed by atoms with Gasteiger partial charge in [0, 0.05) is 42.7 Å². The van der Waals surface area contributed by atoms with Gasteiger partial charge in [-0.05, 0) is 24.3 Å². The third kappa shape index (κ3) is 4.18. The molecule has 0 radical (unpaired) electrons. The van der Waals surface area contributed by atoms with E-state index in [1.165, 1.54) is 0 Å². The number of nitrogens with one attached hydrogen (secondary N) is 1. The minimum absolute atomic E-state index is 0.223. The zero-order valence-electron chi connectivity index (χ0n) is 15.4. The highest BCUT2D eigenvalue weighted by molar-refractivity contribution is 7.15. The summed E-state index contributed by atoms with van der Waals surface area (Å²) in [5.74, 6) is -0.466. The number of hydrogen-bond acceptors (Lipinski definition) is 6. The van der Waals surface area contributed by atoms with Crippen molar-refractivity contribution in [3.63, 3.8) is 0 Å². The molecule has 0 amide bonds. The van der Waals surface area contributed by atoms with Crippen LogP contribution in [0.5, 0.6) is 5.75 Å². The second-order valence-electron chi connectivity index (χ2n) is 6.66. The van der Waals surface area contributed by atoms with Crippen molar-refractivity contribution in [1.82, 2.24) is 19.9 Å². The predicted molar refractivity (Wildman–Crippen MR) is 102 cm³/mol. The van der Waals surface area contributed by atoms with Crippen LogP contribution in [0.2, 0.25) is 0 Å². The van der Waals surface area contributed by atoms with Gasteiger partial charge < -0.3 is 9.72 Å². The van der Waals surface area contributed by atoms with Gasteiger partial charge in [-0.15, -0.1) is 11.3 Å². The number of H-pyrrole nitrogens is 1. The number of methoxy groups -OCH3 is 1. The SMILES string of the molecule is COc1ccc(-c2ncc(CN3CCc4nc(C(F)(F)F)[nH]c(=O)c4C3)s2)cc1. The van der Waals surface area contributed by atoms with Gasteiger partial charge in [-0.1, -0.05) is 0 Å². The molecule has 0 saturated carbocycles. The summed E-state index contributed by atoms with van der Waals surface area (Å²) in [6.45, 7) is 1.34. The van der Waals surface area contributed by atoms with Crippen molar-refractivity contribution >= 4 is 11.3 Å². The predicted octanol–water partition coefficient (Wildman–Crippen LogP) is 3.48. The summed E-state index contributed by atoms with van der Waals surface area (Å²) >= 11 is 1.54. The molecule has 0 aliphatic carbocycles. The Labute approximate surface area is 168 Å². The highest BCUT2D eigenvalue weighted by Gasteiger charge is 2.36. The fourth-order valence-electron chi connectivity index (χ4n) is 3.22. The molecule has 3 aromatic rings. The number of benzene rings is 1. The molecule has 0 fully saturated rings. The average molecular weight is 422 g/mol. The lowest BCUT2D eigenvalue weighted by Gasteiger charge is -2.27. The number of nitrogens with zero attached hydrogens (tertiary/aromatic N) is 3. The molecule has 0 spiro atoms. The van der Waals surface area contributed by atoms with Crippen LogP contribution in [-0.2, 0) is 25.7 Å². The molecule has 1 aliphatic heterocycles. The van der Waals surface area contributed by atoms with Crippen LogP contribution in [0.15, 0.2) is 35.3 Å². The second-order valence-corrected chi connectivity index (χ2v) is 7.77. The highest BCUT2D eigenvalue weighted by atomic mass is 32.1. The van der Waals surface area contributed by atoms with Crippen LogP contribution < -0.4 is 10.3 Å². The first-order chi connectivity index (χ1) is 13.8. The number of alkyl halides is 3. The Morgan fingerprint density at radius 3 is 2.72 bits per heavy atom. The molecule has 0 bridgehead atoms. The molecule has 0 saturated heterocycles. The molecule has 1 N–H and O–H groups in total. The summed E-state index contributed by atoms with van der Waals surface area (Å²) in [6, 6.07) is 7.60. The number of aromatic amines is 1. The minimum Gasteiger partial charge on any atom is -0.497 e. The largest absolute Gasteiger partial charge is 0.497 e. The molecule has 4 rings (SSSR count). The van der Waals surface area contributed by atoms with E-state index in [0.29, 0.717) is 25.1 Å². The number of fused-ring (bicyclic) bond motifs is 1. The molecular weight excluding hydrogens is 405 g/mol. The van der Waals surface area contributed by atoms with Gasteiger partial charge in [0.15, 0.2) is 0 Å². The van der Waals surface area contributed by atoms with E-state index in [-0.39, 0.29) is 12.2 Å². The van der Waals surface area contributed by atoms with Crippen LogP contribution in [0, 0.1) is 0 Å². The topological polar surface area (TPSA) is 71.1 Å². The molecule has 1 aromatic carbocycles. The van der Waals surface area contributed by atoms with Crippen LogP contribution in [0.1, 0.15) is 22.0 Å². The Morgan fingerprint density at radius 1 is 1.28 bits per heavy atom. The number of halogens is 3. The fourth-order valence-corrected chi connectivity index (χ4v) is 4.18. The number of rotatable bonds is 4. The molecule has 0 atom stereocenters. The van der Waals surface area contributed by atoms with E-state index in [0.717, 1.165) is 21.2 Å². The Kier molecular flexibility index (Phi) is 5.13.